The van der Waals surface area contributed by atoms with Gasteiger partial charge in [-0.25, -0.2) is 0 Å². The molecule has 0 spiro atoms. The smallest absolute Gasteiger partial charge is 0.171 e. The van der Waals surface area contributed by atoms with Crippen LogP contribution in [0.3, 0.4) is 0 Å². The van der Waals surface area contributed by atoms with Crippen molar-refractivity contribution in [2.24, 2.45) is 5.92 Å². The molecule has 1 rings (SSSR count). The molecule has 0 atom stereocenters. The van der Waals surface area contributed by atoms with Gasteiger partial charge in [0.1, 0.15) is 0 Å². The summed E-state index contributed by atoms with van der Waals surface area (Å²) in [7, 11) is 0. The van der Waals surface area contributed by atoms with Crippen LogP contribution in [-0.2, 0) is 0 Å². The maximum atomic E-state index is 12.5. The van der Waals surface area contributed by atoms with Gasteiger partial charge in [0.05, 0.1) is 5.92 Å². The summed E-state index contributed by atoms with van der Waals surface area (Å²) in [5.41, 5.74) is 0. The Bertz CT molecular complexity index is 141. The Labute approximate surface area is 83.9 Å². The van der Waals surface area contributed by atoms with Crippen LogP contribution in [0, 0.1) is 5.92 Å². The second-order valence-electron chi connectivity index (χ2n) is 4.29. The van der Waals surface area contributed by atoms with Crippen molar-refractivity contribution in [1.29, 1.82) is 0 Å². The van der Waals surface area contributed by atoms with E-state index in [1.165, 1.54) is 6.42 Å². The first-order chi connectivity index (χ1) is 6.61. The molecular formula is C11H19F3. The van der Waals surface area contributed by atoms with Crippen LogP contribution in [0.4, 0.5) is 13.2 Å². The Kier molecular flexibility index (Phi) is 4.76. The largest absolute Gasteiger partial charge is 0.391 e. The van der Waals surface area contributed by atoms with E-state index >= 15 is 0 Å². The SMILES string of the molecule is FC(F)(F)C1CCCCCCCCC1. The van der Waals surface area contributed by atoms with Gasteiger partial charge in [0, 0.05) is 0 Å². The summed E-state index contributed by atoms with van der Waals surface area (Å²) in [6, 6.07) is 0. The summed E-state index contributed by atoms with van der Waals surface area (Å²) in [6.45, 7) is 0. The van der Waals surface area contributed by atoms with Crippen LogP contribution >= 0.6 is 0 Å². The van der Waals surface area contributed by atoms with Crippen molar-refractivity contribution < 1.29 is 13.2 Å². The molecule has 0 unspecified atom stereocenters. The lowest BCUT2D eigenvalue weighted by atomic mass is 9.92. The molecule has 0 radical (unpaired) electrons. The lowest BCUT2D eigenvalue weighted by Gasteiger charge is -2.21. The van der Waals surface area contributed by atoms with Crippen LogP contribution in [0.5, 0.6) is 0 Å². The predicted octanol–water partition coefficient (Wildman–Crippen LogP) is 4.69. The molecule has 0 aliphatic heterocycles. The van der Waals surface area contributed by atoms with Crippen molar-refractivity contribution >= 4 is 0 Å². The van der Waals surface area contributed by atoms with Crippen molar-refractivity contribution in [2.75, 3.05) is 0 Å². The number of alkyl halides is 3. The fraction of sp³-hybridized carbons (Fsp3) is 1.00. The lowest BCUT2D eigenvalue weighted by molar-refractivity contribution is -0.178. The molecule has 0 amide bonds. The van der Waals surface area contributed by atoms with Gasteiger partial charge in [-0.1, -0.05) is 44.9 Å². The van der Waals surface area contributed by atoms with E-state index in [-0.39, 0.29) is 0 Å². The summed E-state index contributed by atoms with van der Waals surface area (Å²) in [6.07, 6.45) is 3.64. The monoisotopic (exact) mass is 208 g/mol. The molecule has 84 valence electrons. The molecule has 0 aromatic rings. The van der Waals surface area contributed by atoms with Gasteiger partial charge in [-0.3, -0.25) is 0 Å². The van der Waals surface area contributed by atoms with E-state index in [1.807, 2.05) is 0 Å². The van der Waals surface area contributed by atoms with E-state index in [0.717, 1.165) is 38.5 Å². The molecule has 1 saturated carbocycles. The Morgan fingerprint density at radius 1 is 0.643 bits per heavy atom. The first kappa shape index (κ1) is 11.9. The van der Waals surface area contributed by atoms with Crippen molar-refractivity contribution in [3.63, 3.8) is 0 Å². The fourth-order valence-corrected chi connectivity index (χ4v) is 2.14. The highest BCUT2D eigenvalue weighted by atomic mass is 19.4. The average molecular weight is 208 g/mol. The molecule has 1 aliphatic rings. The zero-order valence-electron chi connectivity index (χ0n) is 8.58. The topological polar surface area (TPSA) is 0 Å². The minimum atomic E-state index is -3.96. The molecule has 0 saturated heterocycles. The highest BCUT2D eigenvalue weighted by molar-refractivity contribution is 4.69. The van der Waals surface area contributed by atoms with Crippen LogP contribution in [-0.4, -0.2) is 6.18 Å². The standard InChI is InChI=1S/C11H19F3/c12-11(13,14)10-8-6-4-2-1-3-5-7-9-10/h10H,1-9H2. The summed E-state index contributed by atoms with van der Waals surface area (Å²) < 4.78 is 37.5. The maximum absolute atomic E-state index is 12.5. The number of hydrogen-bond acceptors (Lipinski definition) is 0. The number of hydrogen-bond donors (Lipinski definition) is 0. The molecule has 0 bridgehead atoms. The number of halogens is 3. The van der Waals surface area contributed by atoms with Crippen molar-refractivity contribution in [2.45, 2.75) is 64.0 Å². The Balaban J connectivity index is 2.38. The third-order valence-electron chi connectivity index (χ3n) is 3.07. The molecule has 0 N–H and O–H groups in total. The molecule has 1 fully saturated rings. The van der Waals surface area contributed by atoms with Gasteiger partial charge in [0.15, 0.2) is 0 Å². The zero-order valence-corrected chi connectivity index (χ0v) is 8.58. The molecule has 0 aromatic carbocycles. The average Bonchev–Trinajstić information content (AvgIpc) is 2.12. The third kappa shape index (κ3) is 4.34. The van der Waals surface area contributed by atoms with E-state index in [1.54, 1.807) is 0 Å². The van der Waals surface area contributed by atoms with Crippen LogP contribution in [0.1, 0.15) is 57.8 Å². The van der Waals surface area contributed by atoms with Crippen LogP contribution in [0.25, 0.3) is 0 Å². The zero-order chi connectivity index (χ0) is 10.4. The van der Waals surface area contributed by atoms with E-state index < -0.39 is 12.1 Å². The quantitative estimate of drug-likeness (QED) is 0.541. The Hall–Kier alpha value is -0.210. The second-order valence-corrected chi connectivity index (χ2v) is 4.29. The number of rotatable bonds is 0. The summed E-state index contributed by atoms with van der Waals surface area (Å²) in [5.74, 6) is -1.03. The predicted molar refractivity (Wildman–Crippen MR) is 51.1 cm³/mol. The van der Waals surface area contributed by atoms with Crippen LogP contribution in [0.2, 0.25) is 0 Å². The molecule has 1 aliphatic carbocycles. The first-order valence-corrected chi connectivity index (χ1v) is 5.67. The van der Waals surface area contributed by atoms with Gasteiger partial charge in [0.25, 0.3) is 0 Å². The molecule has 3 heteroatoms. The van der Waals surface area contributed by atoms with Crippen LogP contribution in [0.15, 0.2) is 0 Å². The van der Waals surface area contributed by atoms with E-state index in [0.29, 0.717) is 12.8 Å². The maximum Gasteiger partial charge on any atom is 0.391 e. The third-order valence-corrected chi connectivity index (χ3v) is 3.07. The van der Waals surface area contributed by atoms with Crippen LogP contribution < -0.4 is 0 Å². The minimum Gasteiger partial charge on any atom is -0.171 e. The Morgan fingerprint density at radius 3 is 1.36 bits per heavy atom. The summed E-state index contributed by atoms with van der Waals surface area (Å²) >= 11 is 0. The van der Waals surface area contributed by atoms with Gasteiger partial charge in [0.2, 0.25) is 0 Å². The van der Waals surface area contributed by atoms with Crippen molar-refractivity contribution in [3.05, 3.63) is 0 Å². The fourth-order valence-electron chi connectivity index (χ4n) is 2.14. The van der Waals surface area contributed by atoms with Gasteiger partial charge in [-0.2, -0.15) is 13.2 Å². The highest BCUT2D eigenvalue weighted by Crippen LogP contribution is 2.35. The summed E-state index contributed by atoms with van der Waals surface area (Å²) in [5, 5.41) is 0. The van der Waals surface area contributed by atoms with Gasteiger partial charge in [-0.05, 0) is 12.8 Å². The highest BCUT2D eigenvalue weighted by Gasteiger charge is 2.38. The minimum absolute atomic E-state index is 0.351. The second kappa shape index (κ2) is 5.62. The molecular weight excluding hydrogens is 189 g/mol. The summed E-state index contributed by atoms with van der Waals surface area (Å²) in [4.78, 5) is 0. The van der Waals surface area contributed by atoms with Gasteiger partial charge < -0.3 is 0 Å². The normalized spacial score (nSPS) is 23.4. The van der Waals surface area contributed by atoms with Crippen molar-refractivity contribution in [3.8, 4) is 0 Å². The van der Waals surface area contributed by atoms with E-state index in [2.05, 4.69) is 0 Å². The van der Waals surface area contributed by atoms with E-state index in [9.17, 15) is 13.2 Å². The lowest BCUT2D eigenvalue weighted by Crippen LogP contribution is -2.23. The first-order valence-electron chi connectivity index (χ1n) is 5.67. The molecule has 0 heterocycles. The Morgan fingerprint density at radius 2 is 1.00 bits per heavy atom. The van der Waals surface area contributed by atoms with E-state index in [4.69, 9.17) is 0 Å². The molecule has 0 nitrogen and oxygen atoms in total. The van der Waals surface area contributed by atoms with Crippen molar-refractivity contribution in [1.82, 2.24) is 0 Å². The van der Waals surface area contributed by atoms with Gasteiger partial charge in [-0.15, -0.1) is 0 Å². The van der Waals surface area contributed by atoms with Gasteiger partial charge >= 0.3 is 6.18 Å². The molecule has 0 aromatic heterocycles. The molecule has 14 heavy (non-hydrogen) atoms.